The molecule has 0 aliphatic heterocycles. The van der Waals surface area contributed by atoms with Crippen LogP contribution in [0.15, 0.2) is 85.3 Å². The topological polar surface area (TPSA) is 78.3 Å². The number of nitriles is 2. The number of imidazole rings is 1. The molecule has 5 nitrogen and oxygen atoms in total. The van der Waals surface area contributed by atoms with Crippen LogP contribution in [-0.4, -0.2) is 14.5 Å². The van der Waals surface area contributed by atoms with E-state index in [0.29, 0.717) is 16.6 Å². The van der Waals surface area contributed by atoms with Crippen LogP contribution in [0.1, 0.15) is 39.6 Å². The van der Waals surface area contributed by atoms with Gasteiger partial charge in [-0.25, -0.2) is 9.97 Å². The zero-order chi connectivity index (χ0) is 23.7. The van der Waals surface area contributed by atoms with Gasteiger partial charge in [0.25, 0.3) is 0 Å². The van der Waals surface area contributed by atoms with Gasteiger partial charge >= 0.3 is 0 Å². The Labute approximate surface area is 198 Å². The van der Waals surface area contributed by atoms with E-state index in [2.05, 4.69) is 53.3 Å². The van der Waals surface area contributed by atoms with Crippen LogP contribution in [0.3, 0.4) is 0 Å². The number of benzene rings is 3. The molecule has 0 aliphatic carbocycles. The molecule has 1 unspecified atom stereocenters. The molecule has 3 aromatic carbocycles. The second kappa shape index (κ2) is 8.65. The molecule has 0 radical (unpaired) electrons. The van der Waals surface area contributed by atoms with Gasteiger partial charge in [-0.1, -0.05) is 66.2 Å². The van der Waals surface area contributed by atoms with Crippen molar-refractivity contribution in [2.45, 2.75) is 12.8 Å². The van der Waals surface area contributed by atoms with Gasteiger partial charge in [0.15, 0.2) is 0 Å². The first kappa shape index (κ1) is 21.1. The molecule has 2 heterocycles. The van der Waals surface area contributed by atoms with Crippen LogP contribution in [0, 0.1) is 29.6 Å². The van der Waals surface area contributed by atoms with Crippen molar-refractivity contribution in [3.05, 3.63) is 119 Å². The molecule has 5 rings (SSSR count). The number of hydrogen-bond acceptors (Lipinski definition) is 4. The van der Waals surface area contributed by atoms with Crippen LogP contribution >= 0.6 is 0 Å². The van der Waals surface area contributed by atoms with Gasteiger partial charge in [0.2, 0.25) is 0 Å². The molecule has 5 aromatic rings. The van der Waals surface area contributed by atoms with Crippen LogP contribution in [0.4, 0.5) is 0 Å². The molecular weight excluding hydrogens is 418 g/mol. The molecule has 0 fully saturated rings. The Morgan fingerprint density at radius 1 is 0.882 bits per heavy atom. The largest absolute Gasteiger partial charge is 0.337 e. The van der Waals surface area contributed by atoms with Gasteiger partial charge in [0, 0.05) is 29.9 Å². The molecule has 0 saturated carbocycles. The average molecular weight is 440 g/mol. The average Bonchev–Trinajstić information content (AvgIpc) is 3.29. The van der Waals surface area contributed by atoms with E-state index < -0.39 is 0 Å². The fourth-order valence-corrected chi connectivity index (χ4v) is 4.48. The van der Waals surface area contributed by atoms with Crippen LogP contribution < -0.4 is 0 Å². The van der Waals surface area contributed by atoms with E-state index in [1.165, 1.54) is 5.56 Å². The third-order valence-corrected chi connectivity index (χ3v) is 6.18. The van der Waals surface area contributed by atoms with Crippen LogP contribution in [0.25, 0.3) is 22.0 Å². The van der Waals surface area contributed by atoms with Crippen LogP contribution in [0.5, 0.6) is 0 Å². The highest BCUT2D eigenvalue weighted by Gasteiger charge is 2.22. The maximum absolute atomic E-state index is 10.2. The number of fused-ring (bicyclic) bond motifs is 1. The molecule has 0 amide bonds. The second-order valence-electron chi connectivity index (χ2n) is 8.35. The minimum atomic E-state index is -0.0696. The standard InChI is InChI=1S/C29H21N5/c1-19-8-10-21(11-9-19)28(27-17-32-18-34(27)2)22-12-13-25-23(14-22)24(15-30)29(26(16-31)33-25)20-6-4-3-5-7-20/h3-14,17-18,28H,1-2H3. The lowest BCUT2D eigenvalue weighted by Crippen LogP contribution is -2.08. The maximum atomic E-state index is 10.2. The summed E-state index contributed by atoms with van der Waals surface area (Å²) in [6, 6.07) is 28.5. The number of rotatable bonds is 4. The normalized spacial score (nSPS) is 11.6. The minimum absolute atomic E-state index is 0.0696. The summed E-state index contributed by atoms with van der Waals surface area (Å²) >= 11 is 0. The zero-order valence-electron chi connectivity index (χ0n) is 18.9. The predicted octanol–water partition coefficient (Wildman–Crippen LogP) is 5.87. The Morgan fingerprint density at radius 2 is 1.62 bits per heavy atom. The molecule has 0 saturated heterocycles. The Kier molecular flexibility index (Phi) is 5.38. The number of aryl methyl sites for hydroxylation is 2. The van der Waals surface area contributed by atoms with E-state index in [4.69, 9.17) is 0 Å². The molecule has 2 aromatic heterocycles. The van der Waals surface area contributed by atoms with Crippen molar-refractivity contribution in [2.24, 2.45) is 7.05 Å². The Hall–Kier alpha value is -4.74. The summed E-state index contributed by atoms with van der Waals surface area (Å²) in [5.41, 5.74) is 7.13. The van der Waals surface area contributed by atoms with E-state index in [-0.39, 0.29) is 11.6 Å². The SMILES string of the molecule is Cc1ccc(C(c2ccc3nc(C#N)c(-c4ccccc4)c(C#N)c3c2)c2cncn2C)cc1. The van der Waals surface area contributed by atoms with Crippen molar-refractivity contribution < 1.29 is 0 Å². The first-order chi connectivity index (χ1) is 16.6. The lowest BCUT2D eigenvalue weighted by Gasteiger charge is -2.20. The van der Waals surface area contributed by atoms with Crippen molar-refractivity contribution in [1.82, 2.24) is 14.5 Å². The van der Waals surface area contributed by atoms with Crippen molar-refractivity contribution in [3.63, 3.8) is 0 Å². The Balaban J connectivity index is 1.79. The number of aromatic nitrogens is 3. The fraction of sp³-hybridized carbons (Fsp3) is 0.103. The lowest BCUT2D eigenvalue weighted by molar-refractivity contribution is 0.793. The van der Waals surface area contributed by atoms with E-state index in [1.54, 1.807) is 6.33 Å². The molecule has 162 valence electrons. The van der Waals surface area contributed by atoms with Gasteiger partial charge in [-0.3, -0.25) is 0 Å². The van der Waals surface area contributed by atoms with Gasteiger partial charge in [-0.15, -0.1) is 0 Å². The summed E-state index contributed by atoms with van der Waals surface area (Å²) in [4.78, 5) is 8.96. The van der Waals surface area contributed by atoms with Gasteiger partial charge in [-0.05, 0) is 35.7 Å². The highest BCUT2D eigenvalue weighted by Crippen LogP contribution is 2.36. The summed E-state index contributed by atoms with van der Waals surface area (Å²) in [7, 11) is 1.99. The Morgan fingerprint density at radius 3 is 2.26 bits per heavy atom. The van der Waals surface area contributed by atoms with Gasteiger partial charge in [-0.2, -0.15) is 10.5 Å². The van der Waals surface area contributed by atoms with Gasteiger partial charge in [0.05, 0.1) is 23.3 Å². The van der Waals surface area contributed by atoms with Gasteiger partial charge in [0.1, 0.15) is 17.8 Å². The molecule has 0 N–H and O–H groups in total. The van der Waals surface area contributed by atoms with E-state index >= 15 is 0 Å². The highest BCUT2D eigenvalue weighted by atomic mass is 15.0. The van der Waals surface area contributed by atoms with Crippen LogP contribution in [-0.2, 0) is 7.05 Å². The van der Waals surface area contributed by atoms with E-state index in [1.807, 2.05) is 66.3 Å². The second-order valence-corrected chi connectivity index (χ2v) is 8.35. The zero-order valence-corrected chi connectivity index (χ0v) is 18.9. The Bertz CT molecular complexity index is 1580. The van der Waals surface area contributed by atoms with Crippen molar-refractivity contribution in [2.75, 3.05) is 0 Å². The maximum Gasteiger partial charge on any atom is 0.150 e. The number of hydrogen-bond donors (Lipinski definition) is 0. The number of pyridine rings is 1. The molecule has 5 heteroatoms. The van der Waals surface area contributed by atoms with Gasteiger partial charge < -0.3 is 4.57 Å². The highest BCUT2D eigenvalue weighted by molar-refractivity contribution is 5.94. The van der Waals surface area contributed by atoms with E-state index in [9.17, 15) is 10.5 Å². The monoisotopic (exact) mass is 439 g/mol. The van der Waals surface area contributed by atoms with Crippen molar-refractivity contribution >= 4 is 10.9 Å². The van der Waals surface area contributed by atoms with E-state index in [0.717, 1.165) is 27.8 Å². The number of nitrogens with zero attached hydrogens (tertiary/aromatic N) is 5. The molecule has 1 atom stereocenters. The molecule has 0 spiro atoms. The quantitative estimate of drug-likeness (QED) is 0.351. The third-order valence-electron chi connectivity index (χ3n) is 6.18. The predicted molar refractivity (Wildman–Crippen MR) is 132 cm³/mol. The molecular formula is C29H21N5. The smallest absolute Gasteiger partial charge is 0.150 e. The molecule has 34 heavy (non-hydrogen) atoms. The molecule has 0 aliphatic rings. The third kappa shape index (κ3) is 3.60. The summed E-state index contributed by atoms with van der Waals surface area (Å²) in [6.07, 6.45) is 3.68. The minimum Gasteiger partial charge on any atom is -0.337 e. The summed E-state index contributed by atoms with van der Waals surface area (Å²) < 4.78 is 2.02. The first-order valence-electron chi connectivity index (χ1n) is 11.0. The summed E-state index contributed by atoms with van der Waals surface area (Å²) in [5.74, 6) is -0.0696. The lowest BCUT2D eigenvalue weighted by atomic mass is 9.86. The molecule has 0 bridgehead atoms. The summed E-state index contributed by atoms with van der Waals surface area (Å²) in [5, 5.41) is 20.7. The van der Waals surface area contributed by atoms with Crippen molar-refractivity contribution in [1.29, 1.82) is 10.5 Å². The van der Waals surface area contributed by atoms with Crippen molar-refractivity contribution in [3.8, 4) is 23.3 Å². The summed E-state index contributed by atoms with van der Waals surface area (Å²) in [6.45, 7) is 2.07. The van der Waals surface area contributed by atoms with Crippen LogP contribution in [0.2, 0.25) is 0 Å². The fourth-order valence-electron chi connectivity index (χ4n) is 4.48. The first-order valence-corrected chi connectivity index (χ1v) is 11.0.